The number of aryl methyl sites for hydroxylation is 2. The number of hydrogen-bond donors (Lipinski definition) is 2. The summed E-state index contributed by atoms with van der Waals surface area (Å²) in [4.78, 5) is 24.4. The van der Waals surface area contributed by atoms with Crippen molar-refractivity contribution < 1.29 is 14.3 Å². The second kappa shape index (κ2) is 7.92. The number of anilines is 1. The van der Waals surface area contributed by atoms with Crippen LogP contribution in [0.25, 0.3) is 0 Å². The first-order chi connectivity index (χ1) is 11.4. The molecule has 128 valence electrons. The van der Waals surface area contributed by atoms with E-state index in [9.17, 15) is 9.59 Å². The molecule has 6 nitrogen and oxygen atoms in total. The number of amides is 1. The van der Waals surface area contributed by atoms with Crippen LogP contribution in [0.15, 0.2) is 24.3 Å². The van der Waals surface area contributed by atoms with Gasteiger partial charge in [0.05, 0.1) is 5.69 Å². The van der Waals surface area contributed by atoms with Crippen LogP contribution in [0.3, 0.4) is 0 Å². The minimum atomic E-state index is -0.882. The van der Waals surface area contributed by atoms with Crippen molar-refractivity contribution in [3.05, 3.63) is 46.6 Å². The van der Waals surface area contributed by atoms with Gasteiger partial charge in [0, 0.05) is 13.6 Å². The molecule has 1 heterocycles. The lowest BCUT2D eigenvalue weighted by Crippen LogP contribution is -2.35. The first kappa shape index (κ1) is 17.9. The zero-order valence-corrected chi connectivity index (χ0v) is 15.0. The number of benzene rings is 1. The maximum absolute atomic E-state index is 12.3. The molecule has 24 heavy (non-hydrogen) atoms. The van der Waals surface area contributed by atoms with Crippen molar-refractivity contribution in [3.63, 3.8) is 0 Å². The van der Waals surface area contributed by atoms with E-state index in [1.54, 1.807) is 20.9 Å². The molecule has 2 N–H and O–H groups in total. The van der Waals surface area contributed by atoms with E-state index >= 15 is 0 Å². The number of ether oxygens (including phenoxy) is 1. The maximum Gasteiger partial charge on any atom is 0.343 e. The van der Waals surface area contributed by atoms with Crippen LogP contribution in [0.2, 0.25) is 0 Å². The van der Waals surface area contributed by atoms with Crippen molar-refractivity contribution in [3.8, 4) is 0 Å². The lowest BCUT2D eigenvalue weighted by Gasteiger charge is -2.14. The van der Waals surface area contributed by atoms with Gasteiger partial charge in [-0.3, -0.25) is 4.79 Å². The fraction of sp³-hybridized carbons (Fsp3) is 0.353. The fourth-order valence-corrected chi connectivity index (χ4v) is 2.83. The van der Waals surface area contributed by atoms with Crippen molar-refractivity contribution in [2.24, 2.45) is 0 Å². The van der Waals surface area contributed by atoms with Gasteiger partial charge in [-0.05, 0) is 37.9 Å². The Morgan fingerprint density at radius 1 is 1.25 bits per heavy atom. The van der Waals surface area contributed by atoms with Gasteiger partial charge in [0.2, 0.25) is 0 Å². The molecule has 1 aromatic carbocycles. The summed E-state index contributed by atoms with van der Waals surface area (Å²) in [5.41, 5.74) is 3.11. The molecule has 1 aromatic heterocycles. The van der Waals surface area contributed by atoms with Gasteiger partial charge < -0.3 is 15.4 Å². The van der Waals surface area contributed by atoms with Crippen molar-refractivity contribution >= 4 is 28.4 Å². The minimum Gasteiger partial charge on any atom is -0.449 e. The summed E-state index contributed by atoms with van der Waals surface area (Å²) < 4.78 is 9.38. The Morgan fingerprint density at radius 3 is 2.54 bits per heavy atom. The van der Waals surface area contributed by atoms with Crippen LogP contribution in [0.5, 0.6) is 0 Å². The molecule has 7 heteroatoms. The molecule has 0 unspecified atom stereocenters. The Kier molecular flexibility index (Phi) is 5.92. The summed E-state index contributed by atoms with van der Waals surface area (Å²) in [5, 5.41) is 6.30. The normalized spacial score (nSPS) is 11.7. The Morgan fingerprint density at radius 2 is 1.92 bits per heavy atom. The first-order valence-electron chi connectivity index (χ1n) is 7.60. The van der Waals surface area contributed by atoms with Crippen LogP contribution in [0, 0.1) is 13.8 Å². The van der Waals surface area contributed by atoms with E-state index in [4.69, 9.17) is 4.74 Å². The summed E-state index contributed by atoms with van der Waals surface area (Å²) in [6, 6.07) is 7.87. The van der Waals surface area contributed by atoms with Crippen LogP contribution in [-0.2, 0) is 16.1 Å². The molecule has 0 fully saturated rings. The van der Waals surface area contributed by atoms with Crippen molar-refractivity contribution in [1.29, 1.82) is 0 Å². The van der Waals surface area contributed by atoms with Crippen LogP contribution in [-0.4, -0.2) is 29.4 Å². The molecule has 0 spiro atoms. The van der Waals surface area contributed by atoms with E-state index in [0.29, 0.717) is 22.8 Å². The van der Waals surface area contributed by atoms with Gasteiger partial charge in [-0.25, -0.2) is 4.79 Å². The predicted octanol–water partition coefficient (Wildman–Crippen LogP) is 2.66. The van der Waals surface area contributed by atoms with E-state index in [-0.39, 0.29) is 5.91 Å². The zero-order valence-electron chi connectivity index (χ0n) is 14.2. The Bertz CT molecular complexity index is 725. The topological polar surface area (TPSA) is 80.3 Å². The number of nitrogens with zero attached hydrogens (tertiary/aromatic N) is 1. The molecule has 0 aliphatic heterocycles. The number of rotatable bonds is 6. The highest BCUT2D eigenvalue weighted by molar-refractivity contribution is 7.10. The molecule has 1 atom stereocenters. The van der Waals surface area contributed by atoms with E-state index in [1.807, 2.05) is 31.2 Å². The van der Waals surface area contributed by atoms with Gasteiger partial charge in [-0.2, -0.15) is 4.37 Å². The minimum absolute atomic E-state index is 0.337. The summed E-state index contributed by atoms with van der Waals surface area (Å²) in [6.07, 6.45) is -0.882. The van der Waals surface area contributed by atoms with E-state index in [1.165, 1.54) is 11.5 Å². The number of esters is 1. The second-order valence-corrected chi connectivity index (χ2v) is 6.25. The molecular formula is C17H21N3O3S. The van der Waals surface area contributed by atoms with Crippen molar-refractivity contribution in [1.82, 2.24) is 9.69 Å². The number of carbonyl (C=O) groups excluding carboxylic acids is 2. The molecule has 2 aromatic rings. The van der Waals surface area contributed by atoms with Gasteiger partial charge in [-0.15, -0.1) is 0 Å². The quantitative estimate of drug-likeness (QED) is 0.785. The van der Waals surface area contributed by atoms with Gasteiger partial charge in [0.15, 0.2) is 6.10 Å². The molecule has 0 bridgehead atoms. The lowest BCUT2D eigenvalue weighted by molar-refractivity contribution is -0.129. The first-order valence-corrected chi connectivity index (χ1v) is 8.38. The molecule has 0 aliphatic rings. The summed E-state index contributed by atoms with van der Waals surface area (Å²) in [5.74, 6) is -0.889. The Labute approximate surface area is 145 Å². The third-order valence-electron chi connectivity index (χ3n) is 3.53. The number of carbonyl (C=O) groups is 2. The number of nitrogens with one attached hydrogen (secondary N) is 2. The summed E-state index contributed by atoms with van der Waals surface area (Å²) >= 11 is 1.19. The molecule has 0 aliphatic carbocycles. The second-order valence-electron chi connectivity index (χ2n) is 5.47. The van der Waals surface area contributed by atoms with Crippen LogP contribution in [0.1, 0.15) is 34.1 Å². The molecule has 0 radical (unpaired) electrons. The van der Waals surface area contributed by atoms with E-state index in [2.05, 4.69) is 15.0 Å². The van der Waals surface area contributed by atoms with E-state index in [0.717, 1.165) is 11.1 Å². The van der Waals surface area contributed by atoms with Gasteiger partial charge in [-0.1, -0.05) is 29.8 Å². The number of hydrogen-bond acceptors (Lipinski definition) is 6. The maximum atomic E-state index is 12.3. The molecule has 0 saturated heterocycles. The number of aromatic nitrogens is 1. The summed E-state index contributed by atoms with van der Waals surface area (Å²) in [6.45, 7) is 5.68. The predicted molar refractivity (Wildman–Crippen MR) is 94.3 cm³/mol. The molecular weight excluding hydrogens is 326 g/mol. The van der Waals surface area contributed by atoms with Crippen molar-refractivity contribution in [2.75, 3.05) is 12.4 Å². The van der Waals surface area contributed by atoms with Crippen molar-refractivity contribution in [2.45, 2.75) is 33.4 Å². The average Bonchev–Trinajstić information content (AvgIpc) is 2.94. The summed E-state index contributed by atoms with van der Waals surface area (Å²) in [7, 11) is 1.71. The molecule has 2 rings (SSSR count). The third-order valence-corrected chi connectivity index (χ3v) is 4.49. The van der Waals surface area contributed by atoms with Gasteiger partial charge in [0.25, 0.3) is 5.91 Å². The highest BCUT2D eigenvalue weighted by Gasteiger charge is 2.24. The van der Waals surface area contributed by atoms with Crippen LogP contribution < -0.4 is 10.6 Å². The average molecular weight is 347 g/mol. The van der Waals surface area contributed by atoms with E-state index < -0.39 is 12.1 Å². The highest BCUT2D eigenvalue weighted by atomic mass is 32.1. The largest absolute Gasteiger partial charge is 0.449 e. The standard InChI is InChI=1S/C17H21N3O3S/c1-10-5-7-13(8-6-10)9-19-15(21)12(3)23-17(22)14-11(2)20-24-16(14)18-4/h5-8,12,18H,9H2,1-4H3,(H,19,21)/t12-/m0/s1. The zero-order chi connectivity index (χ0) is 17.7. The lowest BCUT2D eigenvalue weighted by atomic mass is 10.1. The van der Waals surface area contributed by atoms with Crippen LogP contribution in [0.4, 0.5) is 5.00 Å². The molecule has 0 saturated carbocycles. The molecule has 1 amide bonds. The van der Waals surface area contributed by atoms with Gasteiger partial charge in [0.1, 0.15) is 10.6 Å². The Balaban J connectivity index is 1.92. The van der Waals surface area contributed by atoms with Crippen LogP contribution >= 0.6 is 11.5 Å². The monoisotopic (exact) mass is 347 g/mol. The third kappa shape index (κ3) is 4.32. The fourth-order valence-electron chi connectivity index (χ4n) is 2.09. The SMILES string of the molecule is CNc1snc(C)c1C(=O)O[C@@H](C)C(=O)NCc1ccc(C)cc1. The van der Waals surface area contributed by atoms with Gasteiger partial charge >= 0.3 is 5.97 Å². The Hall–Kier alpha value is -2.41. The highest BCUT2D eigenvalue weighted by Crippen LogP contribution is 2.25. The smallest absolute Gasteiger partial charge is 0.343 e.